The highest BCUT2D eigenvalue weighted by molar-refractivity contribution is 5.31. The maximum Gasteiger partial charge on any atom is 0.416 e. The van der Waals surface area contributed by atoms with Crippen molar-refractivity contribution in [2.75, 3.05) is 0 Å². The minimum atomic E-state index is -4.32. The molecule has 0 spiro atoms. The van der Waals surface area contributed by atoms with Crippen LogP contribution in [0.1, 0.15) is 24.1 Å². The first kappa shape index (κ1) is 10.1. The van der Waals surface area contributed by atoms with Crippen molar-refractivity contribution in [2.24, 2.45) is 5.73 Å². The third kappa shape index (κ3) is 2.21. The van der Waals surface area contributed by atoms with Crippen molar-refractivity contribution in [2.45, 2.75) is 19.1 Å². The molecule has 0 saturated carbocycles. The second kappa shape index (κ2) is 3.38. The topological polar surface area (TPSA) is 26.0 Å². The average Bonchev–Trinajstić information content (AvgIpc) is 2.03. The van der Waals surface area contributed by atoms with Crippen LogP contribution in [0.5, 0.6) is 0 Å². The van der Waals surface area contributed by atoms with E-state index in [1.165, 1.54) is 19.1 Å². The van der Waals surface area contributed by atoms with Gasteiger partial charge in [-0.1, -0.05) is 18.2 Å². The highest BCUT2D eigenvalue weighted by Crippen LogP contribution is 2.33. The lowest BCUT2D eigenvalue weighted by Crippen LogP contribution is -2.14. The normalized spacial score (nSPS) is 14.2. The molecule has 13 heavy (non-hydrogen) atoms. The molecule has 1 aromatic carbocycles. The summed E-state index contributed by atoms with van der Waals surface area (Å²) in [6.07, 6.45) is -4.32. The molecule has 0 aromatic heterocycles. The fraction of sp³-hybridized carbons (Fsp3) is 0.333. The number of halogens is 3. The number of nitrogens with two attached hydrogens (primary N) is 1. The van der Waals surface area contributed by atoms with Crippen LogP contribution in [-0.4, -0.2) is 0 Å². The molecular formula is C9H10F3N. The van der Waals surface area contributed by atoms with E-state index < -0.39 is 17.8 Å². The predicted molar refractivity (Wildman–Crippen MR) is 44.0 cm³/mol. The molecule has 0 heterocycles. The Balaban J connectivity index is 3.20. The van der Waals surface area contributed by atoms with Gasteiger partial charge in [-0.15, -0.1) is 0 Å². The van der Waals surface area contributed by atoms with Crippen LogP contribution in [0.25, 0.3) is 0 Å². The van der Waals surface area contributed by atoms with Crippen molar-refractivity contribution >= 4 is 0 Å². The molecule has 0 aliphatic rings. The highest BCUT2D eigenvalue weighted by atomic mass is 19.4. The van der Waals surface area contributed by atoms with Gasteiger partial charge in [0, 0.05) is 6.04 Å². The summed E-state index contributed by atoms with van der Waals surface area (Å²) < 4.78 is 37.1. The largest absolute Gasteiger partial charge is 0.416 e. The van der Waals surface area contributed by atoms with Gasteiger partial charge in [0.25, 0.3) is 0 Å². The first-order chi connectivity index (χ1) is 5.93. The molecule has 72 valence electrons. The van der Waals surface area contributed by atoms with Gasteiger partial charge >= 0.3 is 6.18 Å². The van der Waals surface area contributed by atoms with E-state index in [4.69, 9.17) is 5.73 Å². The molecule has 2 N–H and O–H groups in total. The molecule has 0 amide bonds. The van der Waals surface area contributed by atoms with Crippen LogP contribution < -0.4 is 5.73 Å². The van der Waals surface area contributed by atoms with Gasteiger partial charge in [0.05, 0.1) is 5.56 Å². The van der Waals surface area contributed by atoms with Crippen molar-refractivity contribution in [3.8, 4) is 0 Å². The third-order valence-electron chi connectivity index (χ3n) is 1.76. The second-order valence-corrected chi connectivity index (χ2v) is 2.87. The van der Waals surface area contributed by atoms with Crippen LogP contribution in [0.15, 0.2) is 24.3 Å². The monoisotopic (exact) mass is 189 g/mol. The van der Waals surface area contributed by atoms with Crippen molar-refractivity contribution in [1.29, 1.82) is 0 Å². The van der Waals surface area contributed by atoms with E-state index in [1.807, 2.05) is 0 Å². The molecule has 1 nitrogen and oxygen atoms in total. The van der Waals surface area contributed by atoms with E-state index in [-0.39, 0.29) is 5.56 Å². The van der Waals surface area contributed by atoms with E-state index >= 15 is 0 Å². The Morgan fingerprint density at radius 3 is 2.15 bits per heavy atom. The molecule has 0 unspecified atom stereocenters. The van der Waals surface area contributed by atoms with Gasteiger partial charge in [-0.05, 0) is 18.6 Å². The van der Waals surface area contributed by atoms with Crippen LogP contribution in [-0.2, 0) is 6.18 Å². The van der Waals surface area contributed by atoms with Crippen LogP contribution in [0, 0.1) is 0 Å². The molecule has 4 heteroatoms. The van der Waals surface area contributed by atoms with Crippen LogP contribution in [0.3, 0.4) is 0 Å². The average molecular weight is 189 g/mol. The molecule has 0 aliphatic carbocycles. The zero-order valence-electron chi connectivity index (χ0n) is 7.10. The first-order valence-corrected chi connectivity index (χ1v) is 3.84. The third-order valence-corrected chi connectivity index (χ3v) is 1.76. The SMILES string of the molecule is C[C@@H](N)c1ccccc1C(F)(F)F. The quantitative estimate of drug-likeness (QED) is 0.722. The molecule has 0 saturated heterocycles. The van der Waals surface area contributed by atoms with E-state index in [1.54, 1.807) is 6.07 Å². The van der Waals surface area contributed by atoms with Gasteiger partial charge in [-0.25, -0.2) is 0 Å². The van der Waals surface area contributed by atoms with Gasteiger partial charge in [0.15, 0.2) is 0 Å². The maximum atomic E-state index is 12.4. The lowest BCUT2D eigenvalue weighted by molar-refractivity contribution is -0.138. The zero-order chi connectivity index (χ0) is 10.1. The number of hydrogen-bond donors (Lipinski definition) is 1. The summed E-state index contributed by atoms with van der Waals surface area (Å²) in [5.74, 6) is 0. The standard InChI is InChI=1S/C9H10F3N/c1-6(13)7-4-2-3-5-8(7)9(10,11)12/h2-6H,13H2,1H3/t6-/m1/s1. The van der Waals surface area contributed by atoms with Gasteiger partial charge in [0.2, 0.25) is 0 Å². The second-order valence-electron chi connectivity index (χ2n) is 2.87. The van der Waals surface area contributed by atoms with Crippen molar-refractivity contribution in [3.63, 3.8) is 0 Å². The summed E-state index contributed by atoms with van der Waals surface area (Å²) in [5, 5.41) is 0. The molecule has 1 aromatic rings. The molecule has 0 aliphatic heterocycles. The minimum absolute atomic E-state index is 0.134. The lowest BCUT2D eigenvalue weighted by atomic mass is 10.0. The summed E-state index contributed by atoms with van der Waals surface area (Å²) in [6, 6.07) is 4.74. The first-order valence-electron chi connectivity index (χ1n) is 3.84. The Kier molecular flexibility index (Phi) is 2.61. The van der Waals surface area contributed by atoms with Crippen LogP contribution in [0.4, 0.5) is 13.2 Å². The zero-order valence-corrected chi connectivity index (χ0v) is 7.10. The molecule has 1 rings (SSSR count). The van der Waals surface area contributed by atoms with E-state index in [0.717, 1.165) is 6.07 Å². The minimum Gasteiger partial charge on any atom is -0.324 e. The molecule has 0 radical (unpaired) electrons. The Morgan fingerprint density at radius 1 is 1.23 bits per heavy atom. The van der Waals surface area contributed by atoms with Crippen molar-refractivity contribution in [1.82, 2.24) is 0 Å². The molecular weight excluding hydrogens is 179 g/mol. The number of rotatable bonds is 1. The smallest absolute Gasteiger partial charge is 0.324 e. The summed E-state index contributed by atoms with van der Waals surface area (Å²) in [7, 11) is 0. The molecule has 0 fully saturated rings. The van der Waals surface area contributed by atoms with Crippen LogP contribution >= 0.6 is 0 Å². The Morgan fingerprint density at radius 2 is 1.77 bits per heavy atom. The number of alkyl halides is 3. The fourth-order valence-corrected chi connectivity index (χ4v) is 1.15. The Hall–Kier alpha value is -1.03. The number of hydrogen-bond acceptors (Lipinski definition) is 1. The highest BCUT2D eigenvalue weighted by Gasteiger charge is 2.33. The van der Waals surface area contributed by atoms with E-state index in [0.29, 0.717) is 0 Å². The molecule has 1 atom stereocenters. The van der Waals surface area contributed by atoms with Crippen LogP contribution in [0.2, 0.25) is 0 Å². The van der Waals surface area contributed by atoms with Gasteiger partial charge in [-0.3, -0.25) is 0 Å². The van der Waals surface area contributed by atoms with Gasteiger partial charge < -0.3 is 5.73 Å². The predicted octanol–water partition coefficient (Wildman–Crippen LogP) is 2.73. The number of benzene rings is 1. The van der Waals surface area contributed by atoms with Gasteiger partial charge in [0.1, 0.15) is 0 Å². The van der Waals surface area contributed by atoms with E-state index in [9.17, 15) is 13.2 Å². The molecule has 0 bridgehead atoms. The Labute approximate surface area is 74.4 Å². The summed E-state index contributed by atoms with van der Waals surface area (Å²) in [5.41, 5.74) is 4.90. The Bertz CT molecular complexity index is 291. The fourth-order valence-electron chi connectivity index (χ4n) is 1.15. The van der Waals surface area contributed by atoms with E-state index in [2.05, 4.69) is 0 Å². The summed E-state index contributed by atoms with van der Waals surface area (Å²) >= 11 is 0. The maximum absolute atomic E-state index is 12.4. The lowest BCUT2D eigenvalue weighted by Gasteiger charge is -2.14. The van der Waals surface area contributed by atoms with Crippen molar-refractivity contribution in [3.05, 3.63) is 35.4 Å². The van der Waals surface area contributed by atoms with Crippen molar-refractivity contribution < 1.29 is 13.2 Å². The summed E-state index contributed by atoms with van der Waals surface area (Å²) in [4.78, 5) is 0. The summed E-state index contributed by atoms with van der Waals surface area (Å²) in [6.45, 7) is 1.53. The van der Waals surface area contributed by atoms with Gasteiger partial charge in [-0.2, -0.15) is 13.2 Å².